The highest BCUT2D eigenvalue weighted by molar-refractivity contribution is 9.10. The number of halogens is 1. The van der Waals surface area contributed by atoms with Crippen LogP contribution in [-0.2, 0) is 9.59 Å². The van der Waals surface area contributed by atoms with Crippen molar-refractivity contribution in [3.05, 3.63) is 28.7 Å². The lowest BCUT2D eigenvalue weighted by Gasteiger charge is -2.43. The molecule has 2 heterocycles. The zero-order valence-electron chi connectivity index (χ0n) is 15.2. The van der Waals surface area contributed by atoms with Crippen molar-refractivity contribution in [1.82, 2.24) is 0 Å². The Bertz CT molecular complexity index is 635. The number of likely N-dealkylation sites (tertiary alicyclic amines) is 2. The summed E-state index contributed by atoms with van der Waals surface area (Å²) < 4.78 is 0.986. The second-order valence-electron chi connectivity index (χ2n) is 7.59. The Morgan fingerprint density at radius 1 is 1.04 bits per heavy atom. The molecule has 0 atom stereocenters. The summed E-state index contributed by atoms with van der Waals surface area (Å²) in [4.78, 5) is 27.2. The first kappa shape index (κ1) is 19.3. The number of rotatable bonds is 5. The van der Waals surface area contributed by atoms with E-state index in [1.807, 2.05) is 24.3 Å². The van der Waals surface area contributed by atoms with Crippen molar-refractivity contribution in [3.8, 4) is 0 Å². The van der Waals surface area contributed by atoms with E-state index < -0.39 is 5.54 Å². The van der Waals surface area contributed by atoms with Crippen LogP contribution in [0.5, 0.6) is 0 Å². The highest BCUT2D eigenvalue weighted by Gasteiger charge is 2.50. The van der Waals surface area contributed by atoms with Crippen molar-refractivity contribution < 1.29 is 19.4 Å². The number of carbonyl (C=O) groups excluding carboxylic acids is 2. The average molecular weight is 425 g/mol. The molecule has 2 aliphatic heterocycles. The SMILES string of the molecule is NC(=O)C1([NH+]2CCCCC2)CC[NH+](CC(=O)Nc2ccc(Br)cc2)CC1. The summed E-state index contributed by atoms with van der Waals surface area (Å²) in [5.74, 6) is -0.146. The molecular formula is C19H29BrN4O2+2. The molecule has 7 heteroatoms. The smallest absolute Gasteiger partial charge is 0.279 e. The predicted octanol–water partition coefficient (Wildman–Crippen LogP) is -0.641. The topological polar surface area (TPSA) is 81.1 Å². The highest BCUT2D eigenvalue weighted by atomic mass is 79.9. The van der Waals surface area contributed by atoms with Crippen molar-refractivity contribution >= 4 is 33.4 Å². The van der Waals surface area contributed by atoms with Gasteiger partial charge in [-0.1, -0.05) is 15.9 Å². The number of benzene rings is 1. The van der Waals surface area contributed by atoms with Gasteiger partial charge < -0.3 is 20.9 Å². The number of carbonyl (C=O) groups is 2. The lowest BCUT2D eigenvalue weighted by molar-refractivity contribution is -0.972. The van der Waals surface area contributed by atoms with Crippen LogP contribution in [0.2, 0.25) is 0 Å². The zero-order chi connectivity index (χ0) is 18.6. The molecule has 2 amide bonds. The van der Waals surface area contributed by atoms with Crippen molar-refractivity contribution in [2.24, 2.45) is 5.73 Å². The van der Waals surface area contributed by atoms with E-state index in [1.165, 1.54) is 29.1 Å². The Morgan fingerprint density at radius 3 is 2.23 bits per heavy atom. The van der Waals surface area contributed by atoms with Crippen LogP contribution in [-0.4, -0.2) is 50.1 Å². The van der Waals surface area contributed by atoms with Gasteiger partial charge in [-0.15, -0.1) is 0 Å². The maximum Gasteiger partial charge on any atom is 0.279 e. The van der Waals surface area contributed by atoms with E-state index in [2.05, 4.69) is 21.2 Å². The Labute approximate surface area is 163 Å². The largest absolute Gasteiger partial charge is 0.364 e. The Balaban J connectivity index is 1.54. The van der Waals surface area contributed by atoms with Crippen LogP contribution in [0.15, 0.2) is 28.7 Å². The minimum Gasteiger partial charge on any atom is -0.364 e. The molecule has 5 N–H and O–H groups in total. The van der Waals surface area contributed by atoms with Gasteiger partial charge in [-0.25, -0.2) is 0 Å². The second kappa shape index (κ2) is 8.50. The Morgan fingerprint density at radius 2 is 1.65 bits per heavy atom. The summed E-state index contributed by atoms with van der Waals surface area (Å²) >= 11 is 3.39. The fraction of sp³-hybridized carbons (Fsp3) is 0.579. The third-order valence-electron chi connectivity index (χ3n) is 5.95. The number of hydrogen-bond acceptors (Lipinski definition) is 2. The van der Waals surface area contributed by atoms with Gasteiger partial charge in [-0.05, 0) is 43.5 Å². The lowest BCUT2D eigenvalue weighted by Crippen LogP contribution is -3.26. The first-order chi connectivity index (χ1) is 12.5. The van der Waals surface area contributed by atoms with E-state index in [0.717, 1.165) is 49.2 Å². The molecule has 3 rings (SSSR count). The number of nitrogens with one attached hydrogen (secondary N) is 3. The molecule has 6 nitrogen and oxygen atoms in total. The third kappa shape index (κ3) is 4.45. The molecule has 0 aliphatic carbocycles. The van der Waals surface area contributed by atoms with E-state index in [4.69, 9.17) is 5.73 Å². The Hall–Kier alpha value is -1.44. The molecular weight excluding hydrogens is 396 g/mol. The van der Waals surface area contributed by atoms with Crippen molar-refractivity contribution in [1.29, 1.82) is 0 Å². The predicted molar refractivity (Wildman–Crippen MR) is 104 cm³/mol. The van der Waals surface area contributed by atoms with Gasteiger partial charge in [-0.3, -0.25) is 9.59 Å². The quantitative estimate of drug-likeness (QED) is 0.507. The molecule has 2 saturated heterocycles. The molecule has 2 fully saturated rings. The van der Waals surface area contributed by atoms with E-state index in [0.29, 0.717) is 6.54 Å². The molecule has 2 aliphatic rings. The van der Waals surface area contributed by atoms with Gasteiger partial charge in [0.05, 0.1) is 39.0 Å². The van der Waals surface area contributed by atoms with Gasteiger partial charge in [0.1, 0.15) is 0 Å². The third-order valence-corrected chi connectivity index (χ3v) is 6.48. The van der Waals surface area contributed by atoms with Gasteiger partial charge in [0.25, 0.3) is 11.8 Å². The number of anilines is 1. The molecule has 142 valence electrons. The van der Waals surface area contributed by atoms with Gasteiger partial charge >= 0.3 is 0 Å². The summed E-state index contributed by atoms with van der Waals surface area (Å²) in [6.45, 7) is 4.16. The van der Waals surface area contributed by atoms with Crippen LogP contribution >= 0.6 is 15.9 Å². The molecule has 26 heavy (non-hydrogen) atoms. The molecule has 0 bridgehead atoms. The maximum absolute atomic E-state index is 12.3. The number of quaternary nitrogens is 2. The maximum atomic E-state index is 12.3. The van der Waals surface area contributed by atoms with Crippen LogP contribution in [0.25, 0.3) is 0 Å². The second-order valence-corrected chi connectivity index (χ2v) is 8.51. The molecule has 0 saturated carbocycles. The highest BCUT2D eigenvalue weighted by Crippen LogP contribution is 2.15. The minimum atomic E-state index is -0.425. The molecule has 0 unspecified atom stereocenters. The fourth-order valence-corrected chi connectivity index (χ4v) is 4.67. The number of amides is 2. The summed E-state index contributed by atoms with van der Waals surface area (Å²) in [7, 11) is 0. The summed E-state index contributed by atoms with van der Waals surface area (Å²) in [5, 5.41) is 2.95. The number of primary amides is 1. The first-order valence-electron chi connectivity index (χ1n) is 9.54. The van der Waals surface area contributed by atoms with Crippen LogP contribution in [0.3, 0.4) is 0 Å². The van der Waals surface area contributed by atoms with Crippen molar-refractivity contribution in [3.63, 3.8) is 0 Å². The number of nitrogens with two attached hydrogens (primary N) is 1. The zero-order valence-corrected chi connectivity index (χ0v) is 16.7. The van der Waals surface area contributed by atoms with Gasteiger partial charge in [-0.2, -0.15) is 0 Å². The molecule has 0 aromatic heterocycles. The summed E-state index contributed by atoms with van der Waals surface area (Å²) in [6, 6.07) is 7.58. The number of hydrogen-bond donors (Lipinski definition) is 4. The van der Waals surface area contributed by atoms with Crippen LogP contribution in [0.4, 0.5) is 5.69 Å². The standard InChI is InChI=1S/C19H27BrN4O2/c20-15-4-6-16(7-5-15)22-17(25)14-23-12-8-19(9-13-23,18(21)26)24-10-2-1-3-11-24/h4-7H,1-3,8-14H2,(H2,21,26)(H,22,25)/p+2. The van der Waals surface area contributed by atoms with E-state index in [9.17, 15) is 9.59 Å². The van der Waals surface area contributed by atoms with E-state index >= 15 is 0 Å². The van der Waals surface area contributed by atoms with Crippen molar-refractivity contribution in [2.45, 2.75) is 37.6 Å². The lowest BCUT2D eigenvalue weighted by atomic mass is 9.83. The summed E-state index contributed by atoms with van der Waals surface area (Å²) in [6.07, 6.45) is 5.16. The minimum absolute atomic E-state index is 0.0132. The van der Waals surface area contributed by atoms with Gasteiger partial charge in [0, 0.05) is 10.2 Å². The van der Waals surface area contributed by atoms with Crippen molar-refractivity contribution in [2.75, 3.05) is 38.0 Å². The number of piperidine rings is 2. The van der Waals surface area contributed by atoms with Gasteiger partial charge in [0.15, 0.2) is 12.1 Å². The molecule has 0 radical (unpaired) electrons. The average Bonchev–Trinajstić information content (AvgIpc) is 2.65. The normalized spacial score (nSPS) is 27.0. The first-order valence-corrected chi connectivity index (χ1v) is 10.3. The Kier molecular flexibility index (Phi) is 6.32. The molecule has 1 aromatic rings. The monoisotopic (exact) mass is 424 g/mol. The van der Waals surface area contributed by atoms with Crippen LogP contribution in [0, 0.1) is 0 Å². The summed E-state index contributed by atoms with van der Waals surface area (Å²) in [5.41, 5.74) is 6.22. The fourth-order valence-electron chi connectivity index (χ4n) is 4.40. The van der Waals surface area contributed by atoms with Crippen LogP contribution in [0.1, 0.15) is 32.1 Å². The van der Waals surface area contributed by atoms with Gasteiger partial charge in [0.2, 0.25) is 0 Å². The van der Waals surface area contributed by atoms with Crippen LogP contribution < -0.4 is 20.9 Å². The molecule has 0 spiro atoms. The molecule has 1 aromatic carbocycles. The van der Waals surface area contributed by atoms with E-state index in [1.54, 1.807) is 0 Å². The van der Waals surface area contributed by atoms with E-state index in [-0.39, 0.29) is 11.8 Å².